The first-order chi connectivity index (χ1) is 13.3. The fourth-order valence-corrected chi connectivity index (χ4v) is 4.84. The van der Waals surface area contributed by atoms with E-state index in [1.807, 2.05) is 5.57 Å². The molecule has 2 rings (SSSR count). The lowest BCUT2D eigenvalue weighted by Gasteiger charge is -2.18. The number of benzene rings is 1. The molecule has 0 aliphatic heterocycles. The molecule has 0 bridgehead atoms. The van der Waals surface area contributed by atoms with E-state index in [0.29, 0.717) is 0 Å². The van der Waals surface area contributed by atoms with Crippen molar-refractivity contribution in [3.05, 3.63) is 41.0 Å². The summed E-state index contributed by atoms with van der Waals surface area (Å²) in [5.41, 5.74) is 6.85. The van der Waals surface area contributed by atoms with Crippen molar-refractivity contribution in [3.8, 4) is 0 Å². The lowest BCUT2D eigenvalue weighted by molar-refractivity contribution is 0.573. The molecule has 0 saturated heterocycles. The summed E-state index contributed by atoms with van der Waals surface area (Å²) in [7, 11) is 0. The van der Waals surface area contributed by atoms with E-state index in [9.17, 15) is 0 Å². The maximum atomic E-state index is 2.44. The molecule has 0 saturated carbocycles. The predicted octanol–water partition coefficient (Wildman–Crippen LogP) is 9.45. The van der Waals surface area contributed by atoms with Crippen molar-refractivity contribution in [3.63, 3.8) is 0 Å². The van der Waals surface area contributed by atoms with E-state index in [2.05, 4.69) is 45.0 Å². The standard InChI is InChI=1S/C27H44/c1-4-7-10-13-18-23-24(19-14-11-8-5-2)26-21-16-17-22-27(26)25(23)20-15-12-9-6-3/h16-17,21-22,24H,4-15,18-20H2,1-3H3. The number of hydrogen-bond acceptors (Lipinski definition) is 0. The van der Waals surface area contributed by atoms with Crippen LogP contribution >= 0.6 is 0 Å². The minimum atomic E-state index is 0.723. The van der Waals surface area contributed by atoms with Crippen LogP contribution in [0.5, 0.6) is 0 Å². The van der Waals surface area contributed by atoms with Gasteiger partial charge in [0.15, 0.2) is 0 Å². The van der Waals surface area contributed by atoms with Gasteiger partial charge in [0.2, 0.25) is 0 Å². The summed E-state index contributed by atoms with van der Waals surface area (Å²) in [5, 5.41) is 0. The van der Waals surface area contributed by atoms with Crippen LogP contribution in [0.3, 0.4) is 0 Å². The molecular formula is C27H44. The smallest absolute Gasteiger partial charge is 0.00602 e. The SMILES string of the molecule is CCCCCCC1=C(CCCCCC)C(CCCCCC)c2ccccc21. The van der Waals surface area contributed by atoms with Gasteiger partial charge in [0, 0.05) is 5.92 Å². The number of unbranched alkanes of at least 4 members (excludes halogenated alkanes) is 9. The Hall–Kier alpha value is -1.04. The quantitative estimate of drug-likeness (QED) is 0.270. The van der Waals surface area contributed by atoms with Crippen LogP contribution in [0.2, 0.25) is 0 Å². The van der Waals surface area contributed by atoms with E-state index in [1.54, 1.807) is 16.7 Å². The summed E-state index contributed by atoms with van der Waals surface area (Å²) in [6.45, 7) is 6.95. The first kappa shape index (κ1) is 22.3. The Balaban J connectivity index is 2.14. The molecular weight excluding hydrogens is 324 g/mol. The van der Waals surface area contributed by atoms with E-state index in [-0.39, 0.29) is 0 Å². The van der Waals surface area contributed by atoms with Crippen LogP contribution in [0.15, 0.2) is 29.8 Å². The zero-order chi connectivity index (χ0) is 19.3. The summed E-state index contributed by atoms with van der Waals surface area (Å²) in [6.07, 6.45) is 20.6. The summed E-state index contributed by atoms with van der Waals surface area (Å²) in [6, 6.07) is 9.39. The zero-order valence-corrected chi connectivity index (χ0v) is 18.5. The van der Waals surface area contributed by atoms with Gasteiger partial charge in [0.1, 0.15) is 0 Å². The molecule has 0 fully saturated rings. The second kappa shape index (κ2) is 13.2. The van der Waals surface area contributed by atoms with E-state index in [1.165, 1.54) is 96.3 Å². The molecule has 0 radical (unpaired) electrons. The van der Waals surface area contributed by atoms with E-state index in [4.69, 9.17) is 0 Å². The third-order valence-corrected chi connectivity index (χ3v) is 6.40. The van der Waals surface area contributed by atoms with Crippen molar-refractivity contribution < 1.29 is 0 Å². The molecule has 27 heavy (non-hydrogen) atoms. The van der Waals surface area contributed by atoms with Crippen LogP contribution in [-0.2, 0) is 0 Å². The van der Waals surface area contributed by atoms with E-state index >= 15 is 0 Å². The van der Waals surface area contributed by atoms with Gasteiger partial charge in [-0.15, -0.1) is 0 Å². The van der Waals surface area contributed by atoms with Crippen LogP contribution in [0.4, 0.5) is 0 Å². The summed E-state index contributed by atoms with van der Waals surface area (Å²) >= 11 is 0. The summed E-state index contributed by atoms with van der Waals surface area (Å²) in [5.74, 6) is 0.723. The highest BCUT2D eigenvalue weighted by Gasteiger charge is 2.29. The molecule has 1 aliphatic rings. The topological polar surface area (TPSA) is 0 Å². The number of fused-ring (bicyclic) bond motifs is 1. The summed E-state index contributed by atoms with van der Waals surface area (Å²) in [4.78, 5) is 0. The minimum absolute atomic E-state index is 0.723. The first-order valence-corrected chi connectivity index (χ1v) is 12.1. The highest BCUT2D eigenvalue weighted by Crippen LogP contribution is 2.48. The molecule has 0 amide bonds. The zero-order valence-electron chi connectivity index (χ0n) is 18.5. The third-order valence-electron chi connectivity index (χ3n) is 6.40. The largest absolute Gasteiger partial charge is 0.0654 e. The molecule has 1 aromatic rings. The van der Waals surface area contributed by atoms with Crippen LogP contribution in [0.1, 0.15) is 134 Å². The Kier molecular flexibility index (Phi) is 10.9. The van der Waals surface area contributed by atoms with Crippen molar-refractivity contribution in [1.29, 1.82) is 0 Å². The predicted molar refractivity (Wildman–Crippen MR) is 122 cm³/mol. The van der Waals surface area contributed by atoms with Crippen LogP contribution < -0.4 is 0 Å². The van der Waals surface area contributed by atoms with Crippen molar-refractivity contribution in [2.45, 2.75) is 123 Å². The second-order valence-electron chi connectivity index (χ2n) is 8.61. The minimum Gasteiger partial charge on any atom is -0.0654 e. The van der Waals surface area contributed by atoms with Gasteiger partial charge < -0.3 is 0 Å². The molecule has 1 aromatic carbocycles. The normalized spacial score (nSPS) is 16.2. The molecule has 0 nitrogen and oxygen atoms in total. The second-order valence-corrected chi connectivity index (χ2v) is 8.61. The molecule has 152 valence electrons. The monoisotopic (exact) mass is 368 g/mol. The average molecular weight is 369 g/mol. The number of hydrogen-bond donors (Lipinski definition) is 0. The maximum Gasteiger partial charge on any atom is 0.00602 e. The van der Waals surface area contributed by atoms with Gasteiger partial charge in [-0.2, -0.15) is 0 Å². The lowest BCUT2D eigenvalue weighted by Crippen LogP contribution is -2.00. The third kappa shape index (κ3) is 6.81. The Morgan fingerprint density at radius 1 is 0.630 bits per heavy atom. The first-order valence-electron chi connectivity index (χ1n) is 12.1. The lowest BCUT2D eigenvalue weighted by atomic mass is 9.87. The Bertz CT molecular complexity index is 551. The fraction of sp³-hybridized carbons (Fsp3) is 0.704. The van der Waals surface area contributed by atoms with Crippen LogP contribution in [0.25, 0.3) is 5.57 Å². The Morgan fingerprint density at radius 2 is 1.22 bits per heavy atom. The van der Waals surface area contributed by atoms with Crippen molar-refractivity contribution in [2.75, 3.05) is 0 Å². The molecule has 0 N–H and O–H groups in total. The van der Waals surface area contributed by atoms with Crippen molar-refractivity contribution >= 4 is 5.57 Å². The number of allylic oxidation sites excluding steroid dienone is 2. The Labute approximate surface area is 169 Å². The van der Waals surface area contributed by atoms with E-state index in [0.717, 1.165) is 5.92 Å². The van der Waals surface area contributed by atoms with Crippen molar-refractivity contribution in [1.82, 2.24) is 0 Å². The highest BCUT2D eigenvalue weighted by molar-refractivity contribution is 5.78. The summed E-state index contributed by atoms with van der Waals surface area (Å²) < 4.78 is 0. The molecule has 1 unspecified atom stereocenters. The maximum absolute atomic E-state index is 2.44. The van der Waals surface area contributed by atoms with Crippen LogP contribution in [-0.4, -0.2) is 0 Å². The average Bonchev–Trinajstić information content (AvgIpc) is 2.99. The van der Waals surface area contributed by atoms with Gasteiger partial charge >= 0.3 is 0 Å². The van der Waals surface area contributed by atoms with Crippen molar-refractivity contribution in [2.24, 2.45) is 0 Å². The molecule has 0 heterocycles. The molecule has 0 aromatic heterocycles. The number of rotatable bonds is 15. The fourth-order valence-electron chi connectivity index (χ4n) is 4.84. The molecule has 0 spiro atoms. The van der Waals surface area contributed by atoms with Gasteiger partial charge in [-0.3, -0.25) is 0 Å². The van der Waals surface area contributed by atoms with Gasteiger partial charge in [-0.25, -0.2) is 0 Å². The Morgan fingerprint density at radius 3 is 1.89 bits per heavy atom. The van der Waals surface area contributed by atoms with Gasteiger partial charge in [-0.05, 0) is 48.8 Å². The highest BCUT2D eigenvalue weighted by atomic mass is 14.3. The molecule has 0 heteroatoms. The van der Waals surface area contributed by atoms with Gasteiger partial charge in [0.05, 0.1) is 0 Å². The molecule has 1 aliphatic carbocycles. The van der Waals surface area contributed by atoms with Gasteiger partial charge in [-0.1, -0.05) is 115 Å². The molecule has 1 atom stereocenters. The van der Waals surface area contributed by atoms with E-state index < -0.39 is 0 Å². The van der Waals surface area contributed by atoms with Crippen LogP contribution in [0, 0.1) is 0 Å². The van der Waals surface area contributed by atoms with Gasteiger partial charge in [0.25, 0.3) is 0 Å².